The first-order valence-corrected chi connectivity index (χ1v) is 7.37. The van der Waals surface area contributed by atoms with Gasteiger partial charge in [0.25, 0.3) is 11.8 Å². The lowest BCUT2D eigenvalue weighted by Crippen LogP contribution is -2.57. The van der Waals surface area contributed by atoms with Gasteiger partial charge in [-0.1, -0.05) is 24.3 Å². The molecule has 0 radical (unpaired) electrons. The molecule has 0 saturated carbocycles. The number of carbonyl (C=O) groups is 2. The minimum absolute atomic E-state index is 0.0322. The summed E-state index contributed by atoms with van der Waals surface area (Å²) in [5.74, 6) is -0.611. The summed E-state index contributed by atoms with van der Waals surface area (Å²) in [6.07, 6.45) is 0. The van der Waals surface area contributed by atoms with Crippen LogP contribution in [0.1, 0.15) is 32.1 Å². The Balaban J connectivity index is 1.71. The van der Waals surface area contributed by atoms with Crippen molar-refractivity contribution in [2.75, 3.05) is 13.2 Å². The van der Waals surface area contributed by atoms with E-state index in [1.54, 1.807) is 23.1 Å². The summed E-state index contributed by atoms with van der Waals surface area (Å²) in [6.45, 7) is 1.27. The van der Waals surface area contributed by atoms with Gasteiger partial charge in [0.05, 0.1) is 25.5 Å². The van der Waals surface area contributed by atoms with Crippen molar-refractivity contribution in [3.8, 4) is 0 Å². The van der Waals surface area contributed by atoms with Gasteiger partial charge in [-0.3, -0.25) is 9.59 Å². The van der Waals surface area contributed by atoms with Gasteiger partial charge in [0, 0.05) is 5.56 Å². The van der Waals surface area contributed by atoms with Crippen molar-refractivity contribution in [2.45, 2.75) is 12.1 Å². The van der Waals surface area contributed by atoms with Crippen LogP contribution in [0.15, 0.2) is 42.5 Å². The molecule has 1 saturated heterocycles. The zero-order chi connectivity index (χ0) is 16.0. The molecular weight excluding hydrogens is 294 g/mol. The monoisotopic (exact) mass is 309 g/mol. The second kappa shape index (κ2) is 4.89. The molecule has 1 aromatic heterocycles. The van der Waals surface area contributed by atoms with Crippen LogP contribution < -0.4 is 5.73 Å². The van der Waals surface area contributed by atoms with Crippen molar-refractivity contribution < 1.29 is 14.3 Å². The average Bonchev–Trinajstić information content (AvgIpc) is 2.77. The van der Waals surface area contributed by atoms with Gasteiger partial charge in [-0.2, -0.15) is 0 Å². The number of fused-ring (bicyclic) bond motifs is 2. The number of pyridine rings is 1. The number of benzene rings is 1. The Hall–Kier alpha value is -2.73. The zero-order valence-electron chi connectivity index (χ0n) is 12.4. The highest BCUT2D eigenvalue weighted by Gasteiger charge is 2.54. The van der Waals surface area contributed by atoms with Crippen LogP contribution in [-0.2, 0) is 16.8 Å². The van der Waals surface area contributed by atoms with Gasteiger partial charge in [0.2, 0.25) is 0 Å². The molecule has 1 fully saturated rings. The summed E-state index contributed by atoms with van der Waals surface area (Å²) in [4.78, 5) is 30.1. The minimum Gasteiger partial charge on any atom is -0.376 e. The van der Waals surface area contributed by atoms with E-state index < -0.39 is 11.4 Å². The van der Waals surface area contributed by atoms with E-state index in [1.807, 2.05) is 24.3 Å². The lowest BCUT2D eigenvalue weighted by molar-refractivity contribution is -0.128. The number of rotatable bonds is 3. The molecule has 4 rings (SSSR count). The van der Waals surface area contributed by atoms with Crippen molar-refractivity contribution in [3.05, 3.63) is 65.0 Å². The molecule has 2 aromatic rings. The minimum atomic E-state index is -0.579. The van der Waals surface area contributed by atoms with Gasteiger partial charge in [-0.25, -0.2) is 4.98 Å². The second-order valence-corrected chi connectivity index (χ2v) is 5.84. The molecule has 116 valence electrons. The van der Waals surface area contributed by atoms with Crippen LogP contribution in [0.2, 0.25) is 0 Å². The summed E-state index contributed by atoms with van der Waals surface area (Å²) in [5, 5.41) is 0. The van der Waals surface area contributed by atoms with Crippen LogP contribution in [0, 0.1) is 0 Å². The first-order chi connectivity index (χ1) is 11.1. The Morgan fingerprint density at radius 2 is 2.00 bits per heavy atom. The van der Waals surface area contributed by atoms with Crippen LogP contribution >= 0.6 is 0 Å². The van der Waals surface area contributed by atoms with Gasteiger partial charge in [-0.15, -0.1) is 0 Å². The van der Waals surface area contributed by atoms with Gasteiger partial charge in [0.1, 0.15) is 11.2 Å². The fourth-order valence-corrected chi connectivity index (χ4v) is 3.26. The van der Waals surface area contributed by atoms with Crippen LogP contribution in [0.5, 0.6) is 0 Å². The maximum Gasteiger partial charge on any atom is 0.267 e. The van der Waals surface area contributed by atoms with E-state index in [1.165, 1.54) is 0 Å². The smallest absolute Gasteiger partial charge is 0.267 e. The number of hydrogen-bond acceptors (Lipinski definition) is 4. The summed E-state index contributed by atoms with van der Waals surface area (Å²) < 4.78 is 5.41. The predicted molar refractivity (Wildman–Crippen MR) is 81.6 cm³/mol. The van der Waals surface area contributed by atoms with Crippen molar-refractivity contribution in [1.82, 2.24) is 9.88 Å². The van der Waals surface area contributed by atoms with Crippen LogP contribution in [0.25, 0.3) is 0 Å². The van der Waals surface area contributed by atoms with E-state index in [0.29, 0.717) is 31.0 Å². The molecule has 0 aliphatic carbocycles. The molecule has 2 N–H and O–H groups in total. The van der Waals surface area contributed by atoms with E-state index in [0.717, 1.165) is 5.56 Å². The van der Waals surface area contributed by atoms with E-state index >= 15 is 0 Å². The molecule has 2 aliphatic rings. The lowest BCUT2D eigenvalue weighted by atomic mass is 9.88. The molecule has 6 heteroatoms. The Labute approximate surface area is 132 Å². The third-order valence-corrected chi connectivity index (χ3v) is 4.48. The SMILES string of the molecule is NC(=O)c1cccc(CN2C(=O)c3ccccc3C23COC3)n1. The van der Waals surface area contributed by atoms with Crippen LogP contribution in [0.3, 0.4) is 0 Å². The number of carbonyl (C=O) groups excluding carboxylic acids is 2. The Kier molecular flexibility index (Phi) is 2.96. The maximum atomic E-state index is 12.8. The standard InChI is InChI=1S/C17H15N3O3/c18-15(21)14-7-3-4-11(19-14)8-20-16(22)12-5-1-2-6-13(12)17(20)9-23-10-17/h1-7H,8-10H2,(H2,18,21). The first kappa shape index (κ1) is 13.9. The number of nitrogens with zero attached hydrogens (tertiary/aromatic N) is 2. The first-order valence-electron chi connectivity index (χ1n) is 7.37. The predicted octanol–water partition coefficient (Wildman–Crippen LogP) is 1.06. The molecular formula is C17H15N3O3. The number of aromatic nitrogens is 1. The normalized spacial score (nSPS) is 17.9. The van der Waals surface area contributed by atoms with E-state index in [9.17, 15) is 9.59 Å². The van der Waals surface area contributed by atoms with E-state index in [-0.39, 0.29) is 11.6 Å². The van der Waals surface area contributed by atoms with E-state index in [2.05, 4.69) is 4.98 Å². The zero-order valence-corrected chi connectivity index (χ0v) is 12.4. The van der Waals surface area contributed by atoms with Gasteiger partial charge in [0.15, 0.2) is 0 Å². The Morgan fingerprint density at radius 3 is 2.70 bits per heavy atom. The molecule has 0 atom stereocenters. The number of ether oxygens (including phenoxy) is 1. The molecule has 23 heavy (non-hydrogen) atoms. The van der Waals surface area contributed by atoms with Crippen molar-refractivity contribution in [1.29, 1.82) is 0 Å². The fourth-order valence-electron chi connectivity index (χ4n) is 3.26. The molecule has 2 amide bonds. The average molecular weight is 309 g/mol. The maximum absolute atomic E-state index is 12.8. The van der Waals surface area contributed by atoms with Gasteiger partial charge >= 0.3 is 0 Å². The third kappa shape index (κ3) is 1.95. The van der Waals surface area contributed by atoms with Crippen LogP contribution in [0.4, 0.5) is 0 Å². The highest BCUT2D eigenvalue weighted by Crippen LogP contribution is 2.44. The van der Waals surface area contributed by atoms with Crippen molar-refractivity contribution in [2.24, 2.45) is 5.73 Å². The molecule has 0 unspecified atom stereocenters. The molecule has 0 bridgehead atoms. The van der Waals surface area contributed by atoms with Gasteiger partial charge < -0.3 is 15.4 Å². The number of primary amides is 1. The second-order valence-electron chi connectivity index (χ2n) is 5.84. The molecule has 3 heterocycles. The summed E-state index contributed by atoms with van der Waals surface area (Å²) in [6, 6.07) is 12.7. The number of hydrogen-bond donors (Lipinski definition) is 1. The fraction of sp³-hybridized carbons (Fsp3) is 0.235. The van der Waals surface area contributed by atoms with Crippen molar-refractivity contribution >= 4 is 11.8 Å². The Morgan fingerprint density at radius 1 is 1.22 bits per heavy atom. The number of nitrogens with two attached hydrogens (primary N) is 1. The molecule has 1 spiro atoms. The molecule has 2 aliphatic heterocycles. The van der Waals surface area contributed by atoms with Crippen molar-refractivity contribution in [3.63, 3.8) is 0 Å². The lowest BCUT2D eigenvalue weighted by Gasteiger charge is -2.45. The summed E-state index contributed by atoms with van der Waals surface area (Å²) in [7, 11) is 0. The van der Waals surface area contributed by atoms with Crippen LogP contribution in [-0.4, -0.2) is 34.9 Å². The van der Waals surface area contributed by atoms with E-state index in [4.69, 9.17) is 10.5 Å². The molecule has 6 nitrogen and oxygen atoms in total. The summed E-state index contributed by atoms with van der Waals surface area (Å²) >= 11 is 0. The quantitative estimate of drug-likeness (QED) is 0.918. The highest BCUT2D eigenvalue weighted by molar-refractivity contribution is 6.00. The topological polar surface area (TPSA) is 85.5 Å². The molecule has 1 aromatic carbocycles. The largest absolute Gasteiger partial charge is 0.376 e. The third-order valence-electron chi connectivity index (χ3n) is 4.48. The number of amides is 2. The summed E-state index contributed by atoms with van der Waals surface area (Å²) in [5.41, 5.74) is 7.40. The van der Waals surface area contributed by atoms with Gasteiger partial charge in [-0.05, 0) is 23.8 Å². The highest BCUT2D eigenvalue weighted by atomic mass is 16.5. The Bertz CT molecular complexity index is 814.